The summed E-state index contributed by atoms with van der Waals surface area (Å²) in [4.78, 5) is 2.47. The van der Waals surface area contributed by atoms with E-state index in [1.807, 2.05) is 0 Å². The number of benzene rings is 1. The van der Waals surface area contributed by atoms with E-state index in [1.165, 1.54) is 12.0 Å². The normalized spacial score (nSPS) is 28.4. The van der Waals surface area contributed by atoms with Crippen molar-refractivity contribution >= 4 is 21.4 Å². The molecule has 3 fully saturated rings. The SMILES string of the molecule is CC(C)C(c1ccc([C@@H]2CCCCO2)c(Cl)c1)N1CCC2(C1)CS(=O)(=O)C2. The lowest BCUT2D eigenvalue weighted by molar-refractivity contribution is 0.0150. The van der Waals surface area contributed by atoms with Crippen molar-refractivity contribution < 1.29 is 13.2 Å². The van der Waals surface area contributed by atoms with Crippen LogP contribution in [0.1, 0.15) is 62.8 Å². The van der Waals surface area contributed by atoms with Gasteiger partial charge in [0, 0.05) is 29.6 Å². The van der Waals surface area contributed by atoms with Crippen molar-refractivity contribution in [3.63, 3.8) is 0 Å². The van der Waals surface area contributed by atoms with E-state index in [4.69, 9.17) is 16.3 Å². The zero-order valence-corrected chi connectivity index (χ0v) is 17.9. The number of ether oxygens (including phenoxy) is 1. The third-order valence-electron chi connectivity index (χ3n) is 6.44. The van der Waals surface area contributed by atoms with Crippen molar-refractivity contribution in [1.82, 2.24) is 4.90 Å². The summed E-state index contributed by atoms with van der Waals surface area (Å²) in [6.07, 6.45) is 4.46. The summed E-state index contributed by atoms with van der Waals surface area (Å²) < 4.78 is 29.3. The predicted octanol–water partition coefficient (Wildman–Crippen LogP) is 4.40. The van der Waals surface area contributed by atoms with Gasteiger partial charge in [-0.3, -0.25) is 4.90 Å². The van der Waals surface area contributed by atoms with Crippen molar-refractivity contribution in [2.24, 2.45) is 11.3 Å². The Morgan fingerprint density at radius 3 is 2.63 bits per heavy atom. The molecule has 4 nitrogen and oxygen atoms in total. The average molecular weight is 412 g/mol. The van der Waals surface area contributed by atoms with E-state index < -0.39 is 9.84 Å². The molecular formula is C21H30ClNO3S. The molecule has 0 aliphatic carbocycles. The van der Waals surface area contributed by atoms with Crippen molar-refractivity contribution in [2.75, 3.05) is 31.2 Å². The molecule has 1 aromatic carbocycles. The van der Waals surface area contributed by atoms with Crippen molar-refractivity contribution in [2.45, 2.75) is 51.7 Å². The second-order valence-electron chi connectivity index (χ2n) is 9.08. The molecule has 0 aromatic heterocycles. The molecular weight excluding hydrogens is 382 g/mol. The van der Waals surface area contributed by atoms with Crippen LogP contribution in [-0.4, -0.2) is 44.5 Å². The van der Waals surface area contributed by atoms with Crippen LogP contribution in [-0.2, 0) is 14.6 Å². The van der Waals surface area contributed by atoms with E-state index >= 15 is 0 Å². The monoisotopic (exact) mass is 411 g/mol. The number of halogens is 1. The fourth-order valence-corrected chi connectivity index (χ4v) is 7.89. The van der Waals surface area contributed by atoms with Gasteiger partial charge >= 0.3 is 0 Å². The maximum atomic E-state index is 11.7. The van der Waals surface area contributed by atoms with Crippen LogP contribution in [0.15, 0.2) is 18.2 Å². The predicted molar refractivity (Wildman–Crippen MR) is 109 cm³/mol. The van der Waals surface area contributed by atoms with Crippen LogP contribution in [0.2, 0.25) is 5.02 Å². The second-order valence-corrected chi connectivity index (χ2v) is 11.5. The molecule has 3 aliphatic rings. The summed E-state index contributed by atoms with van der Waals surface area (Å²) in [7, 11) is -2.79. The molecule has 6 heteroatoms. The van der Waals surface area contributed by atoms with Gasteiger partial charge in [0.2, 0.25) is 0 Å². The first-order valence-corrected chi connectivity index (χ1v) is 12.3. The second kappa shape index (κ2) is 7.33. The van der Waals surface area contributed by atoms with Gasteiger partial charge < -0.3 is 4.74 Å². The lowest BCUT2D eigenvalue weighted by Crippen LogP contribution is -2.50. The Hall–Kier alpha value is -0.620. The minimum atomic E-state index is -2.79. The number of hydrogen-bond donors (Lipinski definition) is 0. The minimum absolute atomic E-state index is 0.00829. The quantitative estimate of drug-likeness (QED) is 0.736. The van der Waals surface area contributed by atoms with Gasteiger partial charge in [0.05, 0.1) is 17.6 Å². The molecule has 1 unspecified atom stereocenters. The molecule has 27 heavy (non-hydrogen) atoms. The van der Waals surface area contributed by atoms with Crippen molar-refractivity contribution in [3.05, 3.63) is 34.3 Å². The van der Waals surface area contributed by atoms with Gasteiger partial charge in [0.1, 0.15) is 0 Å². The Morgan fingerprint density at radius 2 is 2.04 bits per heavy atom. The van der Waals surface area contributed by atoms with E-state index in [2.05, 4.69) is 36.9 Å². The number of rotatable bonds is 4. The van der Waals surface area contributed by atoms with Gasteiger partial charge in [0.25, 0.3) is 0 Å². The number of sulfone groups is 1. The Morgan fingerprint density at radius 1 is 1.26 bits per heavy atom. The average Bonchev–Trinajstić information content (AvgIpc) is 2.98. The summed E-state index contributed by atoms with van der Waals surface area (Å²) in [6.45, 7) is 7.12. The van der Waals surface area contributed by atoms with Gasteiger partial charge in [-0.05, 0) is 55.3 Å². The van der Waals surface area contributed by atoms with Crippen LogP contribution < -0.4 is 0 Å². The van der Waals surface area contributed by atoms with Crippen molar-refractivity contribution in [3.8, 4) is 0 Å². The topological polar surface area (TPSA) is 46.6 Å². The van der Waals surface area contributed by atoms with Gasteiger partial charge in [-0.1, -0.05) is 37.6 Å². The van der Waals surface area contributed by atoms with Crippen LogP contribution >= 0.6 is 11.6 Å². The molecule has 3 aliphatic heterocycles. The molecule has 1 spiro atoms. The molecule has 4 rings (SSSR count). The molecule has 0 radical (unpaired) electrons. The Kier molecular flexibility index (Phi) is 5.34. The summed E-state index contributed by atoms with van der Waals surface area (Å²) in [5.74, 6) is 1.16. The lowest BCUT2D eigenvalue weighted by atomic mass is 9.90. The molecule has 0 N–H and O–H groups in total. The minimum Gasteiger partial charge on any atom is -0.373 e. The summed E-state index contributed by atoms with van der Waals surface area (Å²) in [6, 6.07) is 6.73. The third kappa shape index (κ3) is 3.93. The summed E-state index contributed by atoms with van der Waals surface area (Å²) in [5.41, 5.74) is 2.32. The molecule has 0 bridgehead atoms. The zero-order valence-electron chi connectivity index (χ0n) is 16.3. The van der Waals surface area contributed by atoms with Crippen LogP contribution in [0.5, 0.6) is 0 Å². The molecule has 150 valence electrons. The highest BCUT2D eigenvalue weighted by Crippen LogP contribution is 2.46. The highest BCUT2D eigenvalue weighted by atomic mass is 35.5. The number of nitrogens with zero attached hydrogens (tertiary/aromatic N) is 1. The molecule has 0 saturated carbocycles. The van der Waals surface area contributed by atoms with E-state index in [-0.39, 0.29) is 17.6 Å². The zero-order chi connectivity index (χ0) is 19.2. The first-order valence-electron chi connectivity index (χ1n) is 10.1. The Labute approximate surface area is 168 Å². The van der Waals surface area contributed by atoms with Crippen LogP contribution in [0.25, 0.3) is 0 Å². The molecule has 2 atom stereocenters. The largest absolute Gasteiger partial charge is 0.373 e. The highest BCUT2D eigenvalue weighted by molar-refractivity contribution is 7.92. The number of likely N-dealkylation sites (tertiary alicyclic amines) is 1. The highest BCUT2D eigenvalue weighted by Gasteiger charge is 2.53. The Balaban J connectivity index is 1.53. The van der Waals surface area contributed by atoms with Crippen LogP contribution in [0.4, 0.5) is 0 Å². The van der Waals surface area contributed by atoms with Gasteiger partial charge in [-0.15, -0.1) is 0 Å². The summed E-state index contributed by atoms with van der Waals surface area (Å²) >= 11 is 6.67. The maximum Gasteiger partial charge on any atom is 0.151 e. The van der Waals surface area contributed by atoms with Gasteiger partial charge in [0.15, 0.2) is 9.84 Å². The van der Waals surface area contributed by atoms with Gasteiger partial charge in [-0.2, -0.15) is 0 Å². The van der Waals surface area contributed by atoms with Crippen LogP contribution in [0.3, 0.4) is 0 Å². The van der Waals surface area contributed by atoms with E-state index in [9.17, 15) is 8.42 Å². The fourth-order valence-electron chi connectivity index (χ4n) is 5.33. The molecule has 1 aromatic rings. The van der Waals surface area contributed by atoms with Crippen LogP contribution in [0, 0.1) is 11.3 Å². The van der Waals surface area contributed by atoms with E-state index in [1.54, 1.807) is 0 Å². The van der Waals surface area contributed by atoms with Crippen molar-refractivity contribution in [1.29, 1.82) is 0 Å². The first kappa shape index (κ1) is 19.7. The smallest absolute Gasteiger partial charge is 0.151 e. The van der Waals surface area contributed by atoms with E-state index in [0.29, 0.717) is 17.4 Å². The third-order valence-corrected chi connectivity index (χ3v) is 8.87. The number of hydrogen-bond acceptors (Lipinski definition) is 4. The van der Waals surface area contributed by atoms with Gasteiger partial charge in [-0.25, -0.2) is 8.42 Å². The molecule has 0 amide bonds. The lowest BCUT2D eigenvalue weighted by Gasteiger charge is -2.39. The summed E-state index contributed by atoms with van der Waals surface area (Å²) in [5, 5.41) is 0.796. The molecule has 3 heterocycles. The fraction of sp³-hybridized carbons (Fsp3) is 0.714. The maximum absolute atomic E-state index is 11.7. The standard InChI is InChI=1S/C21H30ClNO3S/c1-15(2)20(23-9-8-21(12-23)13-27(24,25)14-21)16-6-7-17(18(22)11-16)19-5-3-4-10-26-19/h6-7,11,15,19-20H,3-5,8-10,12-14H2,1-2H3/t19-,20?/m0/s1. The molecule has 3 saturated heterocycles. The van der Waals surface area contributed by atoms with E-state index in [0.717, 1.165) is 49.5 Å². The Bertz CT molecular complexity index is 790. The first-order chi connectivity index (χ1) is 12.8.